The molecule has 0 bridgehead atoms. The van der Waals surface area contributed by atoms with Crippen molar-refractivity contribution in [1.82, 2.24) is 4.72 Å². The van der Waals surface area contributed by atoms with Crippen molar-refractivity contribution in [1.29, 1.82) is 0 Å². The molecule has 3 N–H and O–H groups in total. The lowest BCUT2D eigenvalue weighted by atomic mass is 10.2. The van der Waals surface area contributed by atoms with Crippen LogP contribution < -0.4 is 10.0 Å². The van der Waals surface area contributed by atoms with Crippen LogP contribution in [0, 0.1) is 0 Å². The molecule has 0 saturated carbocycles. The Balaban J connectivity index is 2.33. The van der Waals surface area contributed by atoms with Crippen LogP contribution in [0.1, 0.15) is 22.8 Å². The van der Waals surface area contributed by atoms with Gasteiger partial charge >= 0.3 is 5.97 Å². The molecule has 0 heterocycles. The van der Waals surface area contributed by atoms with Gasteiger partial charge in [0.25, 0.3) is 0 Å². The molecule has 8 heteroatoms. The van der Waals surface area contributed by atoms with Gasteiger partial charge in [0.05, 0.1) is 17.9 Å². The Labute approximate surface area is 153 Å². The van der Waals surface area contributed by atoms with Crippen molar-refractivity contribution in [2.45, 2.75) is 24.4 Å². The first kappa shape index (κ1) is 19.9. The van der Waals surface area contributed by atoms with Gasteiger partial charge in [-0.25, -0.2) is 17.9 Å². The van der Waals surface area contributed by atoms with Crippen molar-refractivity contribution in [2.24, 2.45) is 0 Å². The smallest absolute Gasteiger partial charge is 0.335 e. The number of hydrogen-bond donors (Lipinski definition) is 3. The second-order valence-corrected chi connectivity index (χ2v) is 7.56. The van der Waals surface area contributed by atoms with E-state index in [0.717, 1.165) is 11.6 Å². The van der Waals surface area contributed by atoms with E-state index >= 15 is 0 Å². The topological polar surface area (TPSA) is 105 Å². The molecular weight excluding hydrogens is 356 g/mol. The lowest BCUT2D eigenvalue weighted by Crippen LogP contribution is -2.27. The molecule has 0 aromatic heterocycles. The Morgan fingerprint density at radius 3 is 2.50 bits per heavy atom. The summed E-state index contributed by atoms with van der Waals surface area (Å²) < 4.78 is 33.1. The van der Waals surface area contributed by atoms with Gasteiger partial charge in [0.2, 0.25) is 10.0 Å². The van der Waals surface area contributed by atoms with Gasteiger partial charge in [-0.15, -0.1) is 0 Å². The van der Waals surface area contributed by atoms with Crippen molar-refractivity contribution in [3.05, 3.63) is 59.7 Å². The third-order valence-corrected chi connectivity index (χ3v) is 5.09. The number of carboxylic acid groups (broad SMARTS) is 1. The molecule has 0 fully saturated rings. The highest BCUT2D eigenvalue weighted by atomic mass is 32.2. The molecule has 0 aliphatic rings. The highest BCUT2D eigenvalue weighted by molar-refractivity contribution is 7.89. The summed E-state index contributed by atoms with van der Waals surface area (Å²) in [5, 5.41) is 12.2. The van der Waals surface area contributed by atoms with E-state index in [4.69, 9.17) is 4.74 Å². The predicted molar refractivity (Wildman–Crippen MR) is 98.8 cm³/mol. The maximum atomic E-state index is 12.8. The summed E-state index contributed by atoms with van der Waals surface area (Å²) in [5.74, 6) is -1.19. The summed E-state index contributed by atoms with van der Waals surface area (Å²) in [5.41, 5.74) is 1.02. The number of nitrogens with one attached hydrogen (secondary N) is 2. The molecule has 2 aromatic carbocycles. The van der Waals surface area contributed by atoms with Crippen LogP contribution in [0.5, 0.6) is 0 Å². The number of ether oxygens (including phenoxy) is 1. The minimum atomic E-state index is -3.92. The Kier molecular flexibility index (Phi) is 6.73. The fourth-order valence-corrected chi connectivity index (χ4v) is 3.62. The zero-order chi connectivity index (χ0) is 19.2. The average molecular weight is 378 g/mol. The molecule has 0 aliphatic heterocycles. The van der Waals surface area contributed by atoms with E-state index in [9.17, 15) is 18.3 Å². The standard InChI is InChI=1S/C18H22N2O5S/c1-13(12-25-2)20-16-9-8-15(18(21)22)10-17(16)26(23,24)19-11-14-6-4-3-5-7-14/h3-10,13,19-20H,11-12H2,1-2H3,(H,21,22)/t13-/m1/s1. The maximum absolute atomic E-state index is 12.8. The highest BCUT2D eigenvalue weighted by Gasteiger charge is 2.21. The number of carboxylic acids is 1. The number of methoxy groups -OCH3 is 1. The number of aromatic carboxylic acids is 1. The van der Waals surface area contributed by atoms with Crippen LogP contribution in [-0.4, -0.2) is 39.3 Å². The largest absolute Gasteiger partial charge is 0.478 e. The summed E-state index contributed by atoms with van der Waals surface area (Å²) in [7, 11) is -2.38. The van der Waals surface area contributed by atoms with Gasteiger partial charge in [0.15, 0.2) is 0 Å². The minimum Gasteiger partial charge on any atom is -0.478 e. The Hall–Kier alpha value is -2.42. The van der Waals surface area contributed by atoms with Crippen molar-refractivity contribution in [3.63, 3.8) is 0 Å². The Morgan fingerprint density at radius 2 is 1.88 bits per heavy atom. The number of hydrogen-bond acceptors (Lipinski definition) is 5. The van der Waals surface area contributed by atoms with Crippen molar-refractivity contribution < 1.29 is 23.1 Å². The van der Waals surface area contributed by atoms with Gasteiger partial charge < -0.3 is 15.2 Å². The summed E-state index contributed by atoms with van der Waals surface area (Å²) in [4.78, 5) is 11.1. The molecule has 0 aliphatic carbocycles. The van der Waals surface area contributed by atoms with Crippen LogP contribution in [0.4, 0.5) is 5.69 Å². The molecular formula is C18H22N2O5S. The second kappa shape index (κ2) is 8.79. The molecule has 7 nitrogen and oxygen atoms in total. The van der Waals surface area contributed by atoms with Gasteiger partial charge in [0, 0.05) is 19.7 Å². The Bertz CT molecular complexity index is 853. The Morgan fingerprint density at radius 1 is 1.19 bits per heavy atom. The summed E-state index contributed by atoms with van der Waals surface area (Å²) in [6.07, 6.45) is 0. The predicted octanol–water partition coefficient (Wildman–Crippen LogP) is 2.31. The fraction of sp³-hybridized carbons (Fsp3) is 0.278. The first-order valence-electron chi connectivity index (χ1n) is 8.00. The van der Waals surface area contributed by atoms with Gasteiger partial charge in [-0.05, 0) is 30.7 Å². The molecule has 2 aromatic rings. The number of rotatable bonds is 9. The van der Waals surface area contributed by atoms with Crippen LogP contribution >= 0.6 is 0 Å². The molecule has 0 saturated heterocycles. The first-order valence-corrected chi connectivity index (χ1v) is 9.48. The summed E-state index contributed by atoms with van der Waals surface area (Å²) in [6, 6.07) is 12.9. The van der Waals surface area contributed by atoms with E-state index in [1.165, 1.54) is 12.1 Å². The molecule has 0 unspecified atom stereocenters. The number of carbonyl (C=O) groups is 1. The lowest BCUT2D eigenvalue weighted by molar-refractivity contribution is 0.0696. The second-order valence-electron chi connectivity index (χ2n) is 5.83. The summed E-state index contributed by atoms with van der Waals surface area (Å²) in [6.45, 7) is 2.31. The molecule has 140 valence electrons. The number of sulfonamides is 1. The normalized spacial score (nSPS) is 12.5. The van der Waals surface area contributed by atoms with E-state index in [1.54, 1.807) is 19.2 Å². The van der Waals surface area contributed by atoms with Gasteiger partial charge in [-0.2, -0.15) is 0 Å². The van der Waals surface area contributed by atoms with Crippen LogP contribution in [0.3, 0.4) is 0 Å². The van der Waals surface area contributed by atoms with E-state index < -0.39 is 16.0 Å². The van der Waals surface area contributed by atoms with Crippen LogP contribution in [0.2, 0.25) is 0 Å². The van der Waals surface area contributed by atoms with Crippen molar-refractivity contribution in [3.8, 4) is 0 Å². The minimum absolute atomic E-state index is 0.102. The van der Waals surface area contributed by atoms with Crippen LogP contribution in [0.15, 0.2) is 53.4 Å². The summed E-state index contributed by atoms with van der Waals surface area (Å²) >= 11 is 0. The van der Waals surface area contributed by atoms with Crippen LogP contribution in [-0.2, 0) is 21.3 Å². The quantitative estimate of drug-likeness (QED) is 0.618. The van der Waals surface area contributed by atoms with E-state index in [-0.39, 0.29) is 23.0 Å². The van der Waals surface area contributed by atoms with Gasteiger partial charge in [0.1, 0.15) is 4.90 Å². The van der Waals surface area contributed by atoms with E-state index in [2.05, 4.69) is 10.0 Å². The average Bonchev–Trinajstić information content (AvgIpc) is 2.61. The van der Waals surface area contributed by atoms with Crippen molar-refractivity contribution in [2.75, 3.05) is 19.0 Å². The monoisotopic (exact) mass is 378 g/mol. The SMILES string of the molecule is COC[C@@H](C)Nc1ccc(C(=O)O)cc1S(=O)(=O)NCc1ccccc1. The molecule has 0 radical (unpaired) electrons. The van der Waals surface area contributed by atoms with Crippen LogP contribution in [0.25, 0.3) is 0 Å². The molecule has 0 spiro atoms. The number of benzene rings is 2. The third-order valence-electron chi connectivity index (χ3n) is 3.65. The molecule has 1 atom stereocenters. The van der Waals surface area contributed by atoms with Gasteiger partial charge in [-0.3, -0.25) is 0 Å². The lowest BCUT2D eigenvalue weighted by Gasteiger charge is -2.18. The maximum Gasteiger partial charge on any atom is 0.335 e. The third kappa shape index (κ3) is 5.29. The molecule has 26 heavy (non-hydrogen) atoms. The molecule has 2 rings (SSSR count). The van der Waals surface area contributed by atoms with E-state index in [1.807, 2.05) is 25.1 Å². The van der Waals surface area contributed by atoms with Crippen molar-refractivity contribution >= 4 is 21.7 Å². The molecule has 0 amide bonds. The zero-order valence-corrected chi connectivity index (χ0v) is 15.4. The fourth-order valence-electron chi connectivity index (χ4n) is 2.41. The highest BCUT2D eigenvalue weighted by Crippen LogP contribution is 2.24. The zero-order valence-electron chi connectivity index (χ0n) is 14.6. The van der Waals surface area contributed by atoms with Gasteiger partial charge in [-0.1, -0.05) is 30.3 Å². The number of anilines is 1. The van der Waals surface area contributed by atoms with E-state index in [0.29, 0.717) is 12.3 Å². The first-order chi connectivity index (χ1) is 12.3.